The second-order valence-electron chi connectivity index (χ2n) is 7.23. The molecule has 0 aromatic heterocycles. The van der Waals surface area contributed by atoms with Crippen molar-refractivity contribution in [3.63, 3.8) is 0 Å². The molecule has 2 fully saturated rings. The van der Waals surface area contributed by atoms with Crippen molar-refractivity contribution in [2.45, 2.75) is 25.3 Å². The van der Waals surface area contributed by atoms with Gasteiger partial charge in [-0.2, -0.15) is 0 Å². The van der Waals surface area contributed by atoms with E-state index in [4.69, 9.17) is 9.47 Å². The second kappa shape index (κ2) is 13.5. The third-order valence-corrected chi connectivity index (χ3v) is 4.78. The molecule has 2 N–H and O–H groups in total. The number of hydrogen-bond acceptors (Lipinski definition) is 5. The van der Waals surface area contributed by atoms with Gasteiger partial charge in [0.25, 0.3) is 0 Å². The van der Waals surface area contributed by atoms with E-state index in [1.807, 2.05) is 0 Å². The molecule has 1 atom stereocenters. The number of nitrogens with one attached hydrogen (secondary N) is 2. The summed E-state index contributed by atoms with van der Waals surface area (Å²) in [6, 6.07) is 0.250. The first-order chi connectivity index (χ1) is 12.6. The number of ether oxygens (including phenoxy) is 2. The predicted molar refractivity (Wildman–Crippen MR) is 118 cm³/mol. The predicted octanol–water partition coefficient (Wildman–Crippen LogP) is 0.375. The van der Waals surface area contributed by atoms with E-state index in [0.29, 0.717) is 18.5 Å². The van der Waals surface area contributed by atoms with Gasteiger partial charge in [0.2, 0.25) is 5.91 Å². The summed E-state index contributed by atoms with van der Waals surface area (Å²) >= 11 is 0. The van der Waals surface area contributed by atoms with Crippen molar-refractivity contribution in [1.82, 2.24) is 20.4 Å². The van der Waals surface area contributed by atoms with Crippen LogP contribution in [0.25, 0.3) is 0 Å². The Morgan fingerprint density at radius 3 is 2.63 bits per heavy atom. The van der Waals surface area contributed by atoms with Gasteiger partial charge in [0.1, 0.15) is 6.54 Å². The van der Waals surface area contributed by atoms with E-state index in [1.54, 1.807) is 26.1 Å². The topological polar surface area (TPSA) is 78.4 Å². The first kappa shape index (κ1) is 24.4. The first-order valence-corrected chi connectivity index (χ1v) is 9.64. The Hall–Kier alpha value is -0.650. The van der Waals surface area contributed by atoms with Crippen LogP contribution >= 0.6 is 24.0 Å². The highest BCUT2D eigenvalue weighted by molar-refractivity contribution is 14.0. The minimum Gasteiger partial charge on any atom is -0.383 e. The molecule has 1 aliphatic heterocycles. The molecule has 158 valence electrons. The zero-order valence-corrected chi connectivity index (χ0v) is 19.2. The summed E-state index contributed by atoms with van der Waals surface area (Å²) in [6.45, 7) is 6.34. The number of likely N-dealkylation sites (N-methyl/N-ethyl adjacent to an activating group) is 1. The van der Waals surface area contributed by atoms with Crippen molar-refractivity contribution < 1.29 is 14.3 Å². The molecule has 2 aliphatic rings. The Balaban J connectivity index is 0.00000364. The van der Waals surface area contributed by atoms with Crippen LogP contribution in [-0.4, -0.2) is 101 Å². The van der Waals surface area contributed by atoms with E-state index in [2.05, 4.69) is 20.5 Å². The SMILES string of the molecule is COCC(NC(=NCC(=O)N(C)C)NCCCN1CCOCC1)C1CC1.I. The van der Waals surface area contributed by atoms with Gasteiger partial charge in [0.05, 0.1) is 25.9 Å². The lowest BCUT2D eigenvalue weighted by atomic mass is 10.2. The minimum atomic E-state index is -0.00544. The molecule has 1 heterocycles. The van der Waals surface area contributed by atoms with E-state index < -0.39 is 0 Å². The van der Waals surface area contributed by atoms with Crippen molar-refractivity contribution in [2.75, 3.05) is 73.7 Å². The summed E-state index contributed by atoms with van der Waals surface area (Å²) in [5.74, 6) is 1.34. The van der Waals surface area contributed by atoms with Gasteiger partial charge < -0.3 is 25.0 Å². The number of halogens is 1. The molecular formula is C18H36IN5O3. The Labute approximate surface area is 180 Å². The minimum absolute atomic E-state index is 0. The molecule has 27 heavy (non-hydrogen) atoms. The van der Waals surface area contributed by atoms with Gasteiger partial charge in [-0.25, -0.2) is 4.99 Å². The maximum atomic E-state index is 11.9. The highest BCUT2D eigenvalue weighted by Crippen LogP contribution is 2.32. The van der Waals surface area contributed by atoms with E-state index >= 15 is 0 Å². The zero-order chi connectivity index (χ0) is 18.8. The van der Waals surface area contributed by atoms with Gasteiger partial charge in [-0.3, -0.25) is 9.69 Å². The lowest BCUT2D eigenvalue weighted by Crippen LogP contribution is -2.47. The van der Waals surface area contributed by atoms with Crippen LogP contribution in [0.5, 0.6) is 0 Å². The van der Waals surface area contributed by atoms with Gasteiger partial charge in [-0.1, -0.05) is 0 Å². The molecule has 0 spiro atoms. The first-order valence-electron chi connectivity index (χ1n) is 9.64. The maximum Gasteiger partial charge on any atom is 0.243 e. The summed E-state index contributed by atoms with van der Waals surface area (Å²) in [7, 11) is 5.22. The van der Waals surface area contributed by atoms with E-state index in [9.17, 15) is 4.79 Å². The summed E-state index contributed by atoms with van der Waals surface area (Å²) in [4.78, 5) is 20.3. The molecular weight excluding hydrogens is 461 g/mol. The number of carbonyl (C=O) groups is 1. The Morgan fingerprint density at radius 2 is 2.04 bits per heavy atom. The smallest absolute Gasteiger partial charge is 0.243 e. The van der Waals surface area contributed by atoms with Gasteiger partial charge in [0.15, 0.2) is 5.96 Å². The van der Waals surface area contributed by atoms with Crippen molar-refractivity contribution in [3.8, 4) is 0 Å². The maximum absolute atomic E-state index is 11.9. The summed E-state index contributed by atoms with van der Waals surface area (Å²) in [5, 5.41) is 6.84. The Kier molecular flexibility index (Phi) is 12.2. The molecule has 9 heteroatoms. The van der Waals surface area contributed by atoms with Crippen LogP contribution in [0.15, 0.2) is 4.99 Å². The normalized spacial score (nSPS) is 19.1. The molecule has 8 nitrogen and oxygen atoms in total. The van der Waals surface area contributed by atoms with Crippen LogP contribution < -0.4 is 10.6 Å². The molecule has 2 rings (SSSR count). The van der Waals surface area contributed by atoms with Crippen LogP contribution in [0, 0.1) is 5.92 Å². The molecule has 1 aliphatic carbocycles. The molecule has 0 aromatic carbocycles. The van der Waals surface area contributed by atoms with Gasteiger partial charge in [-0.05, 0) is 31.7 Å². The number of amides is 1. The standard InChI is InChI=1S/C18H35N5O3.HI/c1-22(2)17(24)13-20-18(21-16(14-25-3)15-5-6-15)19-7-4-8-23-9-11-26-12-10-23;/h15-16H,4-14H2,1-3H3,(H2,19,20,21);1H. The second-order valence-corrected chi connectivity index (χ2v) is 7.23. The number of rotatable bonds is 10. The third-order valence-electron chi connectivity index (χ3n) is 4.78. The molecule has 1 amide bonds. The number of morpholine rings is 1. The van der Waals surface area contributed by atoms with E-state index in [0.717, 1.165) is 45.8 Å². The Morgan fingerprint density at radius 1 is 1.33 bits per heavy atom. The van der Waals surface area contributed by atoms with Crippen LogP contribution in [0.2, 0.25) is 0 Å². The quantitative estimate of drug-likeness (QED) is 0.197. The zero-order valence-electron chi connectivity index (χ0n) is 16.9. The van der Waals surface area contributed by atoms with Crippen LogP contribution in [0.3, 0.4) is 0 Å². The van der Waals surface area contributed by atoms with E-state index in [-0.39, 0.29) is 42.5 Å². The largest absolute Gasteiger partial charge is 0.383 e. The molecule has 1 unspecified atom stereocenters. The number of carbonyl (C=O) groups excluding carboxylic acids is 1. The molecule has 1 saturated heterocycles. The van der Waals surface area contributed by atoms with Gasteiger partial charge in [0, 0.05) is 40.8 Å². The molecule has 0 radical (unpaired) electrons. The fourth-order valence-corrected chi connectivity index (χ4v) is 2.92. The van der Waals surface area contributed by atoms with Crippen molar-refractivity contribution in [3.05, 3.63) is 0 Å². The Bertz CT molecular complexity index is 454. The average Bonchev–Trinajstić information content (AvgIpc) is 3.48. The highest BCUT2D eigenvalue weighted by atomic mass is 127. The fourth-order valence-electron chi connectivity index (χ4n) is 2.92. The van der Waals surface area contributed by atoms with Crippen LogP contribution in [-0.2, 0) is 14.3 Å². The molecule has 0 aromatic rings. The van der Waals surface area contributed by atoms with Crippen LogP contribution in [0.1, 0.15) is 19.3 Å². The number of guanidine groups is 1. The number of methoxy groups -OCH3 is 1. The van der Waals surface area contributed by atoms with Gasteiger partial charge >= 0.3 is 0 Å². The summed E-state index contributed by atoms with van der Waals surface area (Å²) in [5.41, 5.74) is 0. The highest BCUT2D eigenvalue weighted by Gasteiger charge is 2.31. The van der Waals surface area contributed by atoms with E-state index in [1.165, 1.54) is 12.8 Å². The fraction of sp³-hybridized carbons (Fsp3) is 0.889. The third kappa shape index (κ3) is 9.91. The molecule has 0 bridgehead atoms. The van der Waals surface area contributed by atoms with Crippen LogP contribution in [0.4, 0.5) is 0 Å². The monoisotopic (exact) mass is 497 g/mol. The number of nitrogens with zero attached hydrogens (tertiary/aromatic N) is 3. The lowest BCUT2D eigenvalue weighted by Gasteiger charge is -2.26. The van der Waals surface area contributed by atoms with Gasteiger partial charge in [-0.15, -0.1) is 24.0 Å². The summed E-state index contributed by atoms with van der Waals surface area (Å²) < 4.78 is 10.7. The van der Waals surface area contributed by atoms with Crippen molar-refractivity contribution >= 4 is 35.8 Å². The van der Waals surface area contributed by atoms with Crippen molar-refractivity contribution in [2.24, 2.45) is 10.9 Å². The number of aliphatic imine (C=N–C) groups is 1. The number of hydrogen-bond donors (Lipinski definition) is 2. The molecule has 1 saturated carbocycles. The lowest BCUT2D eigenvalue weighted by molar-refractivity contribution is -0.127. The van der Waals surface area contributed by atoms with Crippen molar-refractivity contribution in [1.29, 1.82) is 0 Å². The average molecular weight is 497 g/mol. The summed E-state index contributed by atoms with van der Waals surface area (Å²) in [6.07, 6.45) is 3.48.